The summed E-state index contributed by atoms with van der Waals surface area (Å²) in [5.41, 5.74) is 7.66. The molecule has 0 bridgehead atoms. The molecule has 86 valence electrons. The first kappa shape index (κ1) is 11.3. The Morgan fingerprint density at radius 2 is 2.19 bits per heavy atom. The van der Waals surface area contributed by atoms with Crippen LogP contribution in [0.4, 0.5) is 5.82 Å². The molecule has 1 aromatic heterocycles. The first-order valence-corrected chi connectivity index (χ1v) is 5.96. The SMILES string of the molecule is Cc1cc(C(N)=S)cc(NC2(C)CCC2)n1. The number of hydrogen-bond donors (Lipinski definition) is 2. The number of pyridine rings is 1. The van der Waals surface area contributed by atoms with E-state index in [9.17, 15) is 0 Å². The maximum absolute atomic E-state index is 5.64. The molecule has 0 saturated heterocycles. The van der Waals surface area contributed by atoms with Gasteiger partial charge < -0.3 is 11.1 Å². The molecule has 1 saturated carbocycles. The van der Waals surface area contributed by atoms with Crippen molar-refractivity contribution >= 4 is 23.0 Å². The standard InChI is InChI=1S/C12H17N3S/c1-8-6-9(11(13)16)7-10(14-8)15-12(2)4-3-5-12/h6-7H,3-5H2,1-2H3,(H2,13,16)(H,14,15). The maximum atomic E-state index is 5.64. The zero-order valence-electron chi connectivity index (χ0n) is 9.71. The number of nitrogens with one attached hydrogen (secondary N) is 1. The number of nitrogens with zero attached hydrogens (tertiary/aromatic N) is 1. The van der Waals surface area contributed by atoms with Crippen molar-refractivity contribution in [2.45, 2.75) is 38.6 Å². The Morgan fingerprint density at radius 1 is 1.50 bits per heavy atom. The highest BCUT2D eigenvalue weighted by Gasteiger charge is 2.31. The summed E-state index contributed by atoms with van der Waals surface area (Å²) in [6.07, 6.45) is 3.69. The fourth-order valence-corrected chi connectivity index (χ4v) is 2.13. The van der Waals surface area contributed by atoms with Gasteiger partial charge in [-0.05, 0) is 45.2 Å². The quantitative estimate of drug-likeness (QED) is 0.790. The maximum Gasteiger partial charge on any atom is 0.127 e. The van der Waals surface area contributed by atoms with E-state index in [0.717, 1.165) is 17.1 Å². The van der Waals surface area contributed by atoms with Crippen LogP contribution in [0, 0.1) is 6.92 Å². The van der Waals surface area contributed by atoms with Gasteiger partial charge in [0.1, 0.15) is 10.8 Å². The van der Waals surface area contributed by atoms with Gasteiger partial charge in [-0.1, -0.05) is 12.2 Å². The lowest BCUT2D eigenvalue weighted by Gasteiger charge is -2.39. The lowest BCUT2D eigenvalue weighted by Crippen LogP contribution is -2.42. The number of aromatic nitrogens is 1. The molecule has 1 fully saturated rings. The Balaban J connectivity index is 2.23. The lowest BCUT2D eigenvalue weighted by molar-refractivity contribution is 0.305. The van der Waals surface area contributed by atoms with E-state index in [4.69, 9.17) is 18.0 Å². The first-order valence-electron chi connectivity index (χ1n) is 5.55. The van der Waals surface area contributed by atoms with Gasteiger partial charge in [0.2, 0.25) is 0 Å². The molecule has 0 spiro atoms. The van der Waals surface area contributed by atoms with Crippen LogP contribution in [0.2, 0.25) is 0 Å². The van der Waals surface area contributed by atoms with Crippen molar-refractivity contribution in [3.63, 3.8) is 0 Å². The highest BCUT2D eigenvalue weighted by atomic mass is 32.1. The monoisotopic (exact) mass is 235 g/mol. The van der Waals surface area contributed by atoms with Crippen molar-refractivity contribution in [2.24, 2.45) is 5.73 Å². The van der Waals surface area contributed by atoms with E-state index in [2.05, 4.69) is 17.2 Å². The van der Waals surface area contributed by atoms with E-state index in [1.165, 1.54) is 19.3 Å². The molecule has 0 aromatic carbocycles. The summed E-state index contributed by atoms with van der Waals surface area (Å²) in [4.78, 5) is 4.88. The van der Waals surface area contributed by atoms with Gasteiger partial charge >= 0.3 is 0 Å². The van der Waals surface area contributed by atoms with E-state index in [-0.39, 0.29) is 5.54 Å². The van der Waals surface area contributed by atoms with Gasteiger partial charge in [-0.25, -0.2) is 4.98 Å². The van der Waals surface area contributed by atoms with Crippen molar-refractivity contribution < 1.29 is 0 Å². The lowest BCUT2D eigenvalue weighted by atomic mass is 9.78. The van der Waals surface area contributed by atoms with Crippen LogP contribution in [0.1, 0.15) is 37.4 Å². The Labute approximate surface area is 101 Å². The van der Waals surface area contributed by atoms with Crippen LogP contribution in [0.15, 0.2) is 12.1 Å². The minimum absolute atomic E-state index is 0.203. The van der Waals surface area contributed by atoms with Crippen molar-refractivity contribution in [1.29, 1.82) is 0 Å². The van der Waals surface area contributed by atoms with Crippen LogP contribution in [-0.2, 0) is 0 Å². The van der Waals surface area contributed by atoms with E-state index in [1.54, 1.807) is 0 Å². The average Bonchev–Trinajstić information content (AvgIpc) is 2.14. The summed E-state index contributed by atoms with van der Waals surface area (Å²) >= 11 is 4.99. The van der Waals surface area contributed by atoms with Crippen LogP contribution in [-0.4, -0.2) is 15.5 Å². The molecule has 0 amide bonds. The Morgan fingerprint density at radius 3 is 2.69 bits per heavy atom. The van der Waals surface area contributed by atoms with E-state index in [1.807, 2.05) is 19.1 Å². The molecular formula is C12H17N3S. The molecule has 4 heteroatoms. The molecule has 1 aliphatic carbocycles. The number of anilines is 1. The largest absolute Gasteiger partial charge is 0.389 e. The van der Waals surface area contributed by atoms with Crippen LogP contribution in [0.25, 0.3) is 0 Å². The Bertz CT molecular complexity index is 424. The third-order valence-electron chi connectivity index (χ3n) is 3.12. The van der Waals surface area contributed by atoms with Crippen LogP contribution < -0.4 is 11.1 Å². The van der Waals surface area contributed by atoms with E-state index >= 15 is 0 Å². The highest BCUT2D eigenvalue weighted by Crippen LogP contribution is 2.34. The second-order valence-corrected chi connectivity index (χ2v) is 5.23. The minimum Gasteiger partial charge on any atom is -0.389 e. The molecular weight excluding hydrogens is 218 g/mol. The molecule has 1 aliphatic rings. The highest BCUT2D eigenvalue weighted by molar-refractivity contribution is 7.80. The summed E-state index contributed by atoms with van der Waals surface area (Å²) in [6, 6.07) is 3.84. The minimum atomic E-state index is 0.203. The van der Waals surface area contributed by atoms with Crippen molar-refractivity contribution in [2.75, 3.05) is 5.32 Å². The molecule has 3 nitrogen and oxygen atoms in total. The summed E-state index contributed by atoms with van der Waals surface area (Å²) in [5, 5.41) is 3.46. The second-order valence-electron chi connectivity index (χ2n) is 4.79. The number of nitrogens with two attached hydrogens (primary N) is 1. The molecule has 2 rings (SSSR count). The van der Waals surface area contributed by atoms with Gasteiger partial charge in [-0.15, -0.1) is 0 Å². The third kappa shape index (κ3) is 2.32. The van der Waals surface area contributed by atoms with Crippen LogP contribution in [0.3, 0.4) is 0 Å². The van der Waals surface area contributed by atoms with Gasteiger partial charge in [-0.2, -0.15) is 0 Å². The predicted octanol–water partition coefficient (Wildman–Crippen LogP) is 2.38. The number of thiocarbonyl (C=S) groups is 1. The fourth-order valence-electron chi connectivity index (χ4n) is 2.02. The van der Waals surface area contributed by atoms with Gasteiger partial charge in [0, 0.05) is 16.8 Å². The van der Waals surface area contributed by atoms with Gasteiger partial charge in [0.15, 0.2) is 0 Å². The average molecular weight is 235 g/mol. The molecule has 16 heavy (non-hydrogen) atoms. The molecule has 0 radical (unpaired) electrons. The van der Waals surface area contributed by atoms with E-state index < -0.39 is 0 Å². The molecule has 1 aromatic rings. The van der Waals surface area contributed by atoms with Gasteiger partial charge in [-0.3, -0.25) is 0 Å². The molecule has 1 heterocycles. The molecule has 3 N–H and O–H groups in total. The van der Waals surface area contributed by atoms with Crippen molar-refractivity contribution in [1.82, 2.24) is 4.98 Å². The Hall–Kier alpha value is -1.16. The number of aryl methyl sites for hydroxylation is 1. The van der Waals surface area contributed by atoms with Gasteiger partial charge in [0.25, 0.3) is 0 Å². The van der Waals surface area contributed by atoms with Crippen molar-refractivity contribution in [3.8, 4) is 0 Å². The molecule has 0 unspecified atom stereocenters. The van der Waals surface area contributed by atoms with Gasteiger partial charge in [0.05, 0.1) is 0 Å². The first-order chi connectivity index (χ1) is 7.48. The summed E-state index contributed by atoms with van der Waals surface area (Å²) < 4.78 is 0. The predicted molar refractivity (Wildman–Crippen MR) is 70.7 cm³/mol. The normalized spacial score (nSPS) is 17.6. The zero-order valence-corrected chi connectivity index (χ0v) is 10.5. The topological polar surface area (TPSA) is 50.9 Å². The van der Waals surface area contributed by atoms with Crippen LogP contribution in [0.5, 0.6) is 0 Å². The third-order valence-corrected chi connectivity index (χ3v) is 3.36. The number of hydrogen-bond acceptors (Lipinski definition) is 3. The zero-order chi connectivity index (χ0) is 11.8. The fraction of sp³-hybridized carbons (Fsp3) is 0.500. The molecule has 0 aliphatic heterocycles. The summed E-state index contributed by atoms with van der Waals surface area (Å²) in [7, 11) is 0. The summed E-state index contributed by atoms with van der Waals surface area (Å²) in [6.45, 7) is 4.18. The second kappa shape index (κ2) is 4.01. The van der Waals surface area contributed by atoms with Crippen molar-refractivity contribution in [3.05, 3.63) is 23.4 Å². The Kier molecular flexibility index (Phi) is 2.84. The number of rotatable bonds is 3. The van der Waals surface area contributed by atoms with Crippen LogP contribution >= 0.6 is 12.2 Å². The summed E-state index contributed by atoms with van der Waals surface area (Å²) in [5.74, 6) is 0.880. The molecule has 0 atom stereocenters. The smallest absolute Gasteiger partial charge is 0.127 e. The van der Waals surface area contributed by atoms with E-state index in [0.29, 0.717) is 4.99 Å².